The Morgan fingerprint density at radius 3 is 3.24 bits per heavy atom. The highest BCUT2D eigenvalue weighted by Crippen LogP contribution is 2.29. The van der Waals surface area contributed by atoms with Gasteiger partial charge in [-0.05, 0) is 25.9 Å². The number of rotatable bonds is 4. The van der Waals surface area contributed by atoms with Crippen LogP contribution in [0, 0.1) is 0 Å². The van der Waals surface area contributed by atoms with Crippen LogP contribution in [0.2, 0.25) is 0 Å². The van der Waals surface area contributed by atoms with Gasteiger partial charge in [0.1, 0.15) is 0 Å². The third kappa shape index (κ3) is 3.26. The van der Waals surface area contributed by atoms with Crippen LogP contribution >= 0.6 is 11.3 Å². The number of piperidine rings is 1. The van der Waals surface area contributed by atoms with Crippen molar-refractivity contribution in [3.8, 4) is 0 Å². The van der Waals surface area contributed by atoms with Crippen LogP contribution in [-0.2, 0) is 11.2 Å². The maximum absolute atomic E-state index is 10.6. The molecule has 17 heavy (non-hydrogen) atoms. The van der Waals surface area contributed by atoms with Crippen LogP contribution in [0.25, 0.3) is 0 Å². The van der Waals surface area contributed by atoms with Gasteiger partial charge in [0.2, 0.25) is 0 Å². The molecule has 5 heteroatoms. The Hall–Kier alpha value is -0.940. The second-order valence-corrected chi connectivity index (χ2v) is 5.37. The fourth-order valence-corrected chi connectivity index (χ4v) is 3.24. The fourth-order valence-electron chi connectivity index (χ4n) is 2.29. The van der Waals surface area contributed by atoms with Crippen molar-refractivity contribution in [3.63, 3.8) is 0 Å². The quantitative estimate of drug-likeness (QED) is 0.892. The molecule has 1 unspecified atom stereocenters. The first-order valence-electron chi connectivity index (χ1n) is 6.07. The van der Waals surface area contributed by atoms with Gasteiger partial charge in [-0.1, -0.05) is 6.92 Å². The SMILES string of the molecule is CCN1CCCC(c2nc(CC(=O)O)cs2)C1. The highest BCUT2D eigenvalue weighted by atomic mass is 32.1. The minimum Gasteiger partial charge on any atom is -0.481 e. The number of hydrogen-bond donors (Lipinski definition) is 1. The molecule has 4 nitrogen and oxygen atoms in total. The summed E-state index contributed by atoms with van der Waals surface area (Å²) in [6, 6.07) is 0. The van der Waals surface area contributed by atoms with E-state index in [1.54, 1.807) is 11.3 Å². The summed E-state index contributed by atoms with van der Waals surface area (Å²) in [7, 11) is 0. The number of likely N-dealkylation sites (N-methyl/N-ethyl adjacent to an activating group) is 1. The lowest BCUT2D eigenvalue weighted by atomic mass is 9.99. The molecule has 2 rings (SSSR count). The Kier molecular flexibility index (Phi) is 4.12. The van der Waals surface area contributed by atoms with Gasteiger partial charge >= 0.3 is 5.97 Å². The molecule has 1 saturated heterocycles. The van der Waals surface area contributed by atoms with E-state index in [9.17, 15) is 4.79 Å². The van der Waals surface area contributed by atoms with Gasteiger partial charge in [0, 0.05) is 17.8 Å². The van der Waals surface area contributed by atoms with Crippen LogP contribution in [-0.4, -0.2) is 40.6 Å². The average molecular weight is 254 g/mol. The van der Waals surface area contributed by atoms with Crippen LogP contribution in [0.4, 0.5) is 0 Å². The molecule has 0 amide bonds. The zero-order chi connectivity index (χ0) is 12.3. The number of thiazole rings is 1. The van der Waals surface area contributed by atoms with E-state index in [0.717, 1.165) is 18.1 Å². The predicted molar refractivity (Wildman–Crippen MR) is 67.5 cm³/mol. The molecule has 1 aromatic heterocycles. The lowest BCUT2D eigenvalue weighted by molar-refractivity contribution is -0.136. The summed E-state index contributed by atoms with van der Waals surface area (Å²) in [5, 5.41) is 11.7. The maximum atomic E-state index is 10.6. The van der Waals surface area contributed by atoms with E-state index in [4.69, 9.17) is 5.11 Å². The summed E-state index contributed by atoms with van der Waals surface area (Å²) >= 11 is 1.61. The van der Waals surface area contributed by atoms with Crippen LogP contribution in [0.3, 0.4) is 0 Å². The van der Waals surface area contributed by atoms with E-state index in [-0.39, 0.29) is 6.42 Å². The van der Waals surface area contributed by atoms with Gasteiger partial charge in [0.15, 0.2) is 0 Å². The molecule has 0 aliphatic carbocycles. The van der Waals surface area contributed by atoms with E-state index < -0.39 is 5.97 Å². The van der Waals surface area contributed by atoms with Gasteiger partial charge in [-0.2, -0.15) is 0 Å². The number of nitrogens with zero attached hydrogens (tertiary/aromatic N) is 2. The number of carboxylic acids is 1. The van der Waals surface area contributed by atoms with Crippen molar-refractivity contribution in [2.75, 3.05) is 19.6 Å². The van der Waals surface area contributed by atoms with Crippen molar-refractivity contribution >= 4 is 17.3 Å². The van der Waals surface area contributed by atoms with Gasteiger partial charge in [-0.15, -0.1) is 11.3 Å². The lowest BCUT2D eigenvalue weighted by Gasteiger charge is -2.30. The van der Waals surface area contributed by atoms with Crippen molar-refractivity contribution < 1.29 is 9.90 Å². The molecule has 0 radical (unpaired) electrons. The molecule has 1 N–H and O–H groups in total. The summed E-state index contributed by atoms with van der Waals surface area (Å²) in [6.07, 6.45) is 2.43. The Balaban J connectivity index is 2.01. The Morgan fingerprint density at radius 2 is 2.53 bits per heavy atom. The molecule has 1 fully saturated rings. The molecule has 2 heterocycles. The topological polar surface area (TPSA) is 53.4 Å². The molecular weight excluding hydrogens is 236 g/mol. The molecule has 0 spiro atoms. The van der Waals surface area contributed by atoms with E-state index in [2.05, 4.69) is 16.8 Å². The third-order valence-corrected chi connectivity index (χ3v) is 4.26. The van der Waals surface area contributed by atoms with Crippen molar-refractivity contribution in [3.05, 3.63) is 16.1 Å². The molecule has 0 saturated carbocycles. The zero-order valence-corrected chi connectivity index (χ0v) is 10.9. The van der Waals surface area contributed by atoms with Crippen LogP contribution in [0.5, 0.6) is 0 Å². The standard InChI is InChI=1S/C12H18N2O2S/c1-2-14-5-3-4-9(7-14)12-13-10(8-17-12)6-11(15)16/h8-9H,2-7H2,1H3,(H,15,16). The van der Waals surface area contributed by atoms with Crippen molar-refractivity contribution in [2.45, 2.75) is 32.1 Å². The first-order valence-corrected chi connectivity index (χ1v) is 6.95. The van der Waals surface area contributed by atoms with Gasteiger partial charge in [-0.3, -0.25) is 4.79 Å². The van der Waals surface area contributed by atoms with Crippen LogP contribution < -0.4 is 0 Å². The van der Waals surface area contributed by atoms with Gasteiger partial charge in [0.25, 0.3) is 0 Å². The second-order valence-electron chi connectivity index (χ2n) is 4.48. The first kappa shape index (κ1) is 12.5. The Labute approximate surface area is 105 Å². The number of carbonyl (C=O) groups is 1. The molecule has 1 atom stereocenters. The summed E-state index contributed by atoms with van der Waals surface area (Å²) in [4.78, 5) is 17.5. The Morgan fingerprint density at radius 1 is 1.71 bits per heavy atom. The lowest BCUT2D eigenvalue weighted by Crippen LogP contribution is -2.34. The van der Waals surface area contributed by atoms with Crippen molar-refractivity contribution in [2.24, 2.45) is 0 Å². The minimum atomic E-state index is -0.805. The van der Waals surface area contributed by atoms with E-state index in [0.29, 0.717) is 11.6 Å². The van der Waals surface area contributed by atoms with Gasteiger partial charge < -0.3 is 10.0 Å². The van der Waals surface area contributed by atoms with Crippen molar-refractivity contribution in [1.82, 2.24) is 9.88 Å². The smallest absolute Gasteiger partial charge is 0.309 e. The molecule has 0 bridgehead atoms. The summed E-state index contributed by atoms with van der Waals surface area (Å²) in [5.41, 5.74) is 0.700. The van der Waals surface area contributed by atoms with E-state index in [1.807, 2.05) is 5.38 Å². The number of aromatic nitrogens is 1. The third-order valence-electron chi connectivity index (χ3n) is 3.20. The average Bonchev–Trinajstić information content (AvgIpc) is 2.77. The summed E-state index contributed by atoms with van der Waals surface area (Å²) in [6.45, 7) is 5.51. The number of likely N-dealkylation sites (tertiary alicyclic amines) is 1. The fraction of sp³-hybridized carbons (Fsp3) is 0.667. The summed E-state index contributed by atoms with van der Waals surface area (Å²) < 4.78 is 0. The zero-order valence-electron chi connectivity index (χ0n) is 10.1. The Bertz CT molecular complexity index is 392. The van der Waals surface area contributed by atoms with Crippen LogP contribution in [0.1, 0.15) is 36.4 Å². The second kappa shape index (κ2) is 5.60. The van der Waals surface area contributed by atoms with E-state index in [1.165, 1.54) is 19.4 Å². The normalized spacial score (nSPS) is 21.6. The predicted octanol–water partition coefficient (Wildman–Crippen LogP) is 1.97. The molecule has 1 aliphatic rings. The number of aliphatic carboxylic acids is 1. The monoisotopic (exact) mass is 254 g/mol. The number of carboxylic acid groups (broad SMARTS) is 1. The molecule has 1 aromatic rings. The number of hydrogen-bond acceptors (Lipinski definition) is 4. The summed E-state index contributed by atoms with van der Waals surface area (Å²) in [5.74, 6) is -0.308. The molecular formula is C12H18N2O2S. The molecule has 94 valence electrons. The molecule has 0 aromatic carbocycles. The van der Waals surface area contributed by atoms with E-state index >= 15 is 0 Å². The highest BCUT2D eigenvalue weighted by Gasteiger charge is 2.22. The minimum absolute atomic E-state index is 0.0424. The van der Waals surface area contributed by atoms with Gasteiger partial charge in [-0.25, -0.2) is 4.98 Å². The van der Waals surface area contributed by atoms with Gasteiger partial charge in [0.05, 0.1) is 17.1 Å². The first-order chi connectivity index (χ1) is 8.19. The molecule has 1 aliphatic heterocycles. The van der Waals surface area contributed by atoms with Crippen molar-refractivity contribution in [1.29, 1.82) is 0 Å². The highest BCUT2D eigenvalue weighted by molar-refractivity contribution is 7.09. The maximum Gasteiger partial charge on any atom is 0.309 e. The largest absolute Gasteiger partial charge is 0.481 e. The van der Waals surface area contributed by atoms with Crippen LogP contribution in [0.15, 0.2) is 5.38 Å².